The van der Waals surface area contributed by atoms with Crippen LogP contribution in [0.25, 0.3) is 0 Å². The number of carbonyl (C=O) groups excluding carboxylic acids is 1. The maximum Gasteiger partial charge on any atom is 0.414 e. The fourth-order valence-electron chi connectivity index (χ4n) is 1.67. The monoisotopic (exact) mass is 234 g/mol. The molecule has 0 N–H and O–H groups in total. The molecule has 1 fully saturated rings. The van der Waals surface area contributed by atoms with E-state index in [1.165, 1.54) is 4.90 Å². The number of allylic oxidation sites excluding steroid dienone is 2. The molecule has 1 saturated heterocycles. The lowest BCUT2D eigenvalue weighted by molar-refractivity contribution is 0.125. The summed E-state index contributed by atoms with van der Waals surface area (Å²) in [5.41, 5.74) is 0.638. The van der Waals surface area contributed by atoms with Gasteiger partial charge in [0.1, 0.15) is 6.10 Å². The molecule has 0 radical (unpaired) electrons. The Labute approximate surface area is 99.2 Å². The van der Waals surface area contributed by atoms with Crippen LogP contribution in [0.4, 0.5) is 4.79 Å². The Hall–Kier alpha value is -2.11. The van der Waals surface area contributed by atoms with Crippen LogP contribution in [0.3, 0.4) is 0 Å². The number of rotatable bonds is 4. The molecule has 1 aromatic heterocycles. The molecule has 1 aromatic rings. The number of carbonyl (C=O) groups is 1. The lowest BCUT2D eigenvalue weighted by Gasteiger charge is -2.12. The maximum atomic E-state index is 11.6. The normalized spacial score (nSPS) is 19.9. The third kappa shape index (κ3) is 2.52. The van der Waals surface area contributed by atoms with E-state index in [9.17, 15) is 4.79 Å². The molecular formula is C11H14N4O2. The number of hydrogen-bond acceptors (Lipinski definition) is 4. The Morgan fingerprint density at radius 1 is 1.76 bits per heavy atom. The van der Waals surface area contributed by atoms with Gasteiger partial charge in [0, 0.05) is 11.9 Å². The van der Waals surface area contributed by atoms with Gasteiger partial charge in [-0.3, -0.25) is 4.90 Å². The van der Waals surface area contributed by atoms with Gasteiger partial charge in [-0.15, -0.1) is 5.10 Å². The van der Waals surface area contributed by atoms with Gasteiger partial charge in [-0.25, -0.2) is 9.48 Å². The van der Waals surface area contributed by atoms with Crippen molar-refractivity contribution < 1.29 is 9.53 Å². The van der Waals surface area contributed by atoms with Crippen molar-refractivity contribution in [3.8, 4) is 0 Å². The first-order valence-corrected chi connectivity index (χ1v) is 5.34. The van der Waals surface area contributed by atoms with Gasteiger partial charge >= 0.3 is 6.09 Å². The second-order valence-corrected chi connectivity index (χ2v) is 3.73. The highest BCUT2D eigenvalue weighted by molar-refractivity contribution is 5.72. The number of ether oxygens (including phenoxy) is 1. The van der Waals surface area contributed by atoms with Gasteiger partial charge in [-0.2, -0.15) is 0 Å². The molecule has 0 bridgehead atoms. The fraction of sp³-hybridized carbons (Fsp3) is 0.364. The fourth-order valence-corrected chi connectivity index (χ4v) is 1.67. The van der Waals surface area contributed by atoms with E-state index in [1.54, 1.807) is 23.2 Å². The summed E-state index contributed by atoms with van der Waals surface area (Å²) in [5.74, 6) is 0. The number of cyclic esters (lactones) is 1. The summed E-state index contributed by atoms with van der Waals surface area (Å²) in [7, 11) is 0. The zero-order chi connectivity index (χ0) is 12.3. The van der Waals surface area contributed by atoms with E-state index >= 15 is 0 Å². The van der Waals surface area contributed by atoms with Crippen LogP contribution in [-0.4, -0.2) is 38.6 Å². The van der Waals surface area contributed by atoms with E-state index in [0.717, 1.165) is 0 Å². The zero-order valence-electron chi connectivity index (χ0n) is 9.61. The Kier molecular flexibility index (Phi) is 3.22. The Morgan fingerprint density at radius 3 is 3.24 bits per heavy atom. The largest absolute Gasteiger partial charge is 0.442 e. The summed E-state index contributed by atoms with van der Waals surface area (Å²) >= 11 is 0. The van der Waals surface area contributed by atoms with Gasteiger partial charge in [-0.1, -0.05) is 17.9 Å². The van der Waals surface area contributed by atoms with Gasteiger partial charge in [-0.05, 0) is 13.0 Å². The molecule has 0 saturated carbocycles. The molecule has 0 aliphatic carbocycles. The van der Waals surface area contributed by atoms with Crippen molar-refractivity contribution in [1.82, 2.24) is 19.9 Å². The number of hydrogen-bond donors (Lipinski definition) is 0. The second-order valence-electron chi connectivity index (χ2n) is 3.73. The van der Waals surface area contributed by atoms with Gasteiger partial charge in [0.05, 0.1) is 19.3 Å². The zero-order valence-corrected chi connectivity index (χ0v) is 9.61. The Balaban J connectivity index is 1.97. The van der Waals surface area contributed by atoms with E-state index in [1.807, 2.05) is 13.0 Å². The van der Waals surface area contributed by atoms with E-state index < -0.39 is 0 Å². The van der Waals surface area contributed by atoms with E-state index in [4.69, 9.17) is 4.74 Å². The third-order valence-electron chi connectivity index (χ3n) is 2.44. The molecule has 1 aliphatic rings. The van der Waals surface area contributed by atoms with Crippen LogP contribution in [0.1, 0.15) is 6.92 Å². The van der Waals surface area contributed by atoms with Crippen molar-refractivity contribution >= 4 is 6.09 Å². The highest BCUT2D eigenvalue weighted by Crippen LogP contribution is 2.17. The van der Waals surface area contributed by atoms with Crippen molar-refractivity contribution in [2.24, 2.45) is 0 Å². The quantitative estimate of drug-likeness (QED) is 0.734. The summed E-state index contributed by atoms with van der Waals surface area (Å²) in [6.07, 6.45) is 6.36. The summed E-state index contributed by atoms with van der Waals surface area (Å²) in [6, 6.07) is 0. The lowest BCUT2D eigenvalue weighted by Crippen LogP contribution is -2.24. The van der Waals surface area contributed by atoms with Crippen molar-refractivity contribution in [2.45, 2.75) is 19.6 Å². The first-order chi connectivity index (χ1) is 8.20. The molecule has 2 heterocycles. The topological polar surface area (TPSA) is 60.3 Å². The van der Waals surface area contributed by atoms with Crippen molar-refractivity contribution in [2.75, 3.05) is 6.54 Å². The number of amides is 1. The first-order valence-electron chi connectivity index (χ1n) is 5.34. The predicted molar refractivity (Wildman–Crippen MR) is 61.0 cm³/mol. The molecule has 0 unspecified atom stereocenters. The van der Waals surface area contributed by atoms with Crippen LogP contribution in [0, 0.1) is 0 Å². The molecule has 2 rings (SSSR count). The summed E-state index contributed by atoms with van der Waals surface area (Å²) in [6.45, 7) is 6.68. The van der Waals surface area contributed by atoms with E-state index in [2.05, 4.69) is 16.9 Å². The molecule has 6 nitrogen and oxygen atoms in total. The van der Waals surface area contributed by atoms with Crippen molar-refractivity contribution in [3.63, 3.8) is 0 Å². The second kappa shape index (κ2) is 4.82. The average molecular weight is 234 g/mol. The van der Waals surface area contributed by atoms with Crippen molar-refractivity contribution in [3.05, 3.63) is 36.8 Å². The van der Waals surface area contributed by atoms with E-state index in [-0.39, 0.29) is 12.2 Å². The minimum atomic E-state index is -0.363. The summed E-state index contributed by atoms with van der Waals surface area (Å²) in [4.78, 5) is 13.1. The third-order valence-corrected chi connectivity index (χ3v) is 2.44. The van der Waals surface area contributed by atoms with Gasteiger partial charge in [0.25, 0.3) is 0 Å². The number of nitrogens with zero attached hydrogens (tertiary/aromatic N) is 4. The molecule has 1 amide bonds. The van der Waals surface area contributed by atoms with Gasteiger partial charge < -0.3 is 4.74 Å². The van der Waals surface area contributed by atoms with Crippen LogP contribution in [0.15, 0.2) is 36.8 Å². The summed E-state index contributed by atoms with van der Waals surface area (Å²) < 4.78 is 6.86. The van der Waals surface area contributed by atoms with Crippen LogP contribution < -0.4 is 0 Å². The highest BCUT2D eigenvalue weighted by Gasteiger charge is 2.32. The van der Waals surface area contributed by atoms with Crippen LogP contribution >= 0.6 is 0 Å². The molecule has 1 aliphatic heterocycles. The van der Waals surface area contributed by atoms with Crippen LogP contribution in [-0.2, 0) is 11.3 Å². The highest BCUT2D eigenvalue weighted by atomic mass is 16.6. The Bertz CT molecular complexity index is 438. The van der Waals surface area contributed by atoms with Crippen LogP contribution in [0.2, 0.25) is 0 Å². The first kappa shape index (κ1) is 11.4. The van der Waals surface area contributed by atoms with Gasteiger partial charge in [0.15, 0.2) is 0 Å². The predicted octanol–water partition coefficient (Wildman–Crippen LogP) is 1.19. The summed E-state index contributed by atoms with van der Waals surface area (Å²) in [5, 5.41) is 7.53. The molecule has 1 atom stereocenters. The SMILES string of the molecule is C=C(/C=C\C)N1C[C@H](Cn2ccnn2)OC1=O. The molecular weight excluding hydrogens is 220 g/mol. The average Bonchev–Trinajstić information content (AvgIpc) is 2.89. The standard InChI is InChI=1S/C11H14N4O2/c1-3-4-9(2)15-8-10(17-11(15)16)7-14-6-5-12-13-14/h3-6,10H,2,7-8H2,1H3/b4-3-/t10-/m0/s1. The maximum absolute atomic E-state index is 11.6. The molecule has 0 spiro atoms. The molecule has 6 heteroatoms. The van der Waals surface area contributed by atoms with Crippen molar-refractivity contribution in [1.29, 1.82) is 0 Å². The molecule has 17 heavy (non-hydrogen) atoms. The van der Waals surface area contributed by atoms with Gasteiger partial charge in [0.2, 0.25) is 0 Å². The minimum absolute atomic E-state index is 0.216. The smallest absolute Gasteiger partial charge is 0.414 e. The molecule has 90 valence electrons. The Morgan fingerprint density at radius 2 is 2.59 bits per heavy atom. The number of aromatic nitrogens is 3. The lowest BCUT2D eigenvalue weighted by atomic mass is 10.3. The van der Waals surface area contributed by atoms with E-state index in [0.29, 0.717) is 18.8 Å². The van der Waals surface area contributed by atoms with Crippen LogP contribution in [0.5, 0.6) is 0 Å². The molecule has 0 aromatic carbocycles. The minimum Gasteiger partial charge on any atom is -0.442 e.